The van der Waals surface area contributed by atoms with E-state index in [9.17, 15) is 37.1 Å². The van der Waals surface area contributed by atoms with E-state index in [4.69, 9.17) is 9.15 Å². The number of ether oxygens (including phenoxy) is 1. The molecule has 4 heterocycles. The molecule has 0 spiro atoms. The number of likely N-dealkylation sites (tertiary alicyclic amines) is 1. The van der Waals surface area contributed by atoms with Gasteiger partial charge in [-0.1, -0.05) is 12.1 Å². The summed E-state index contributed by atoms with van der Waals surface area (Å²) in [6.07, 6.45) is -2.58. The number of morpholine rings is 1. The Hall–Kier alpha value is -4.31. The van der Waals surface area contributed by atoms with E-state index in [1.807, 2.05) is 0 Å². The van der Waals surface area contributed by atoms with Crippen LogP contribution in [0, 0.1) is 11.7 Å². The second-order valence-corrected chi connectivity index (χ2v) is 10.4. The summed E-state index contributed by atoms with van der Waals surface area (Å²) < 4.78 is 67.8. The minimum atomic E-state index is -4.92. The third-order valence-electron chi connectivity index (χ3n) is 7.50. The van der Waals surface area contributed by atoms with Crippen LogP contribution in [-0.2, 0) is 20.9 Å². The summed E-state index contributed by atoms with van der Waals surface area (Å²) in [6.45, 7) is 0.269. The number of aromatic nitrogens is 3. The SMILES string of the molecule is CN(Cc1ccc(F)cc1)c1nc(C2C(C(=O)O)N(C(=O)CN3CCOCC3)CC2C(F)(F)F)nn1C(=O)c1ccoc1. The van der Waals surface area contributed by atoms with Gasteiger partial charge in [-0.2, -0.15) is 22.8 Å². The molecule has 0 saturated carbocycles. The second-order valence-electron chi connectivity index (χ2n) is 10.4. The van der Waals surface area contributed by atoms with E-state index in [0.717, 1.165) is 10.9 Å². The first-order chi connectivity index (χ1) is 20.4. The molecule has 2 aromatic heterocycles. The van der Waals surface area contributed by atoms with E-state index in [1.165, 1.54) is 48.5 Å². The lowest BCUT2D eigenvalue weighted by Crippen LogP contribution is -2.49. The smallest absolute Gasteiger partial charge is 0.394 e. The molecule has 1 N–H and O–H groups in total. The Morgan fingerprint density at radius 3 is 2.42 bits per heavy atom. The van der Waals surface area contributed by atoms with Crippen molar-refractivity contribution in [3.8, 4) is 0 Å². The molecular formula is C27H28F4N6O6. The fourth-order valence-corrected chi connectivity index (χ4v) is 5.35. The molecule has 1 amide bonds. The number of hydrogen-bond acceptors (Lipinski definition) is 9. The van der Waals surface area contributed by atoms with Crippen LogP contribution in [0.2, 0.25) is 0 Å². The number of benzene rings is 1. The molecule has 43 heavy (non-hydrogen) atoms. The predicted octanol–water partition coefficient (Wildman–Crippen LogP) is 2.22. The van der Waals surface area contributed by atoms with Crippen molar-refractivity contribution in [2.24, 2.45) is 5.92 Å². The Morgan fingerprint density at radius 2 is 1.81 bits per heavy atom. The van der Waals surface area contributed by atoms with Gasteiger partial charge in [-0.3, -0.25) is 14.5 Å². The number of anilines is 1. The number of aliphatic carboxylic acids is 1. The molecule has 0 radical (unpaired) electrons. The molecule has 0 bridgehead atoms. The van der Waals surface area contributed by atoms with Crippen molar-refractivity contribution in [3.63, 3.8) is 0 Å². The number of carboxylic acid groups (broad SMARTS) is 1. The Morgan fingerprint density at radius 1 is 1.12 bits per heavy atom. The van der Waals surface area contributed by atoms with Gasteiger partial charge in [0.15, 0.2) is 5.82 Å². The summed E-state index contributed by atoms with van der Waals surface area (Å²) >= 11 is 0. The van der Waals surface area contributed by atoms with Crippen LogP contribution < -0.4 is 4.90 Å². The van der Waals surface area contributed by atoms with Crippen LogP contribution in [-0.4, -0.2) is 106 Å². The highest BCUT2D eigenvalue weighted by atomic mass is 19.4. The fourth-order valence-electron chi connectivity index (χ4n) is 5.35. The molecular weight excluding hydrogens is 580 g/mol. The molecule has 5 rings (SSSR count). The summed E-state index contributed by atoms with van der Waals surface area (Å²) in [7, 11) is 1.50. The number of carboxylic acids is 1. The number of rotatable bonds is 8. The second kappa shape index (κ2) is 12.1. The quantitative estimate of drug-likeness (QED) is 0.380. The highest BCUT2D eigenvalue weighted by molar-refractivity contribution is 5.96. The van der Waals surface area contributed by atoms with Crippen molar-refractivity contribution < 1.29 is 46.2 Å². The van der Waals surface area contributed by atoms with Gasteiger partial charge in [-0.25, -0.2) is 9.18 Å². The maximum Gasteiger partial charge on any atom is 0.394 e. The molecule has 3 atom stereocenters. The van der Waals surface area contributed by atoms with Gasteiger partial charge >= 0.3 is 12.1 Å². The van der Waals surface area contributed by atoms with Crippen molar-refractivity contribution in [2.75, 3.05) is 51.3 Å². The molecule has 2 fully saturated rings. The van der Waals surface area contributed by atoms with Crippen LogP contribution in [0.3, 0.4) is 0 Å². The van der Waals surface area contributed by atoms with Gasteiger partial charge in [0.2, 0.25) is 11.9 Å². The minimum Gasteiger partial charge on any atom is -0.480 e. The van der Waals surface area contributed by atoms with Gasteiger partial charge in [0.25, 0.3) is 5.91 Å². The van der Waals surface area contributed by atoms with Gasteiger partial charge in [-0.15, -0.1) is 5.10 Å². The number of amides is 1. The first-order valence-corrected chi connectivity index (χ1v) is 13.3. The van der Waals surface area contributed by atoms with Gasteiger partial charge in [0.05, 0.1) is 43.4 Å². The third kappa shape index (κ3) is 6.39. The average Bonchev–Trinajstić information content (AvgIpc) is 3.72. The molecule has 3 unspecified atom stereocenters. The standard InChI is InChI=1S/C27H28F4N6O6/c1-34(12-16-2-4-18(28)5-3-16)26-32-23(33-37(26)24(39)17-6-9-43-15-17)21-19(27(29,30)31)13-36(22(21)25(40)41)20(38)14-35-7-10-42-11-8-35/h2-6,9,15,19,21-22H,7-8,10-14H2,1H3,(H,40,41). The number of alkyl halides is 3. The van der Waals surface area contributed by atoms with Gasteiger partial charge in [0, 0.05) is 33.2 Å². The van der Waals surface area contributed by atoms with E-state index in [2.05, 4.69) is 10.1 Å². The highest BCUT2D eigenvalue weighted by Crippen LogP contribution is 2.46. The molecule has 2 aliphatic heterocycles. The lowest BCUT2D eigenvalue weighted by atomic mass is 9.89. The Kier molecular flexibility index (Phi) is 8.50. The highest BCUT2D eigenvalue weighted by Gasteiger charge is 2.60. The van der Waals surface area contributed by atoms with Crippen molar-refractivity contribution >= 4 is 23.7 Å². The van der Waals surface area contributed by atoms with Crippen molar-refractivity contribution in [1.29, 1.82) is 0 Å². The van der Waals surface area contributed by atoms with Crippen LogP contribution in [0.5, 0.6) is 0 Å². The number of nitrogens with zero attached hydrogens (tertiary/aromatic N) is 6. The molecule has 2 aliphatic rings. The zero-order chi connectivity index (χ0) is 30.9. The normalized spacial score (nSPS) is 21.2. The van der Waals surface area contributed by atoms with Crippen molar-refractivity contribution in [2.45, 2.75) is 24.7 Å². The molecule has 3 aromatic rings. The maximum atomic E-state index is 14.5. The van der Waals surface area contributed by atoms with E-state index < -0.39 is 60.0 Å². The largest absolute Gasteiger partial charge is 0.480 e. The molecule has 0 aliphatic carbocycles. The van der Waals surface area contributed by atoms with Gasteiger partial charge in [0.1, 0.15) is 18.1 Å². The zero-order valence-corrected chi connectivity index (χ0v) is 22.9. The number of halogens is 4. The molecule has 16 heteroatoms. The number of furan rings is 1. The maximum absolute atomic E-state index is 14.5. The molecule has 12 nitrogen and oxygen atoms in total. The molecule has 2 saturated heterocycles. The summed E-state index contributed by atoms with van der Waals surface area (Å²) in [5, 5.41) is 14.3. The van der Waals surface area contributed by atoms with Crippen LogP contribution in [0.15, 0.2) is 47.3 Å². The van der Waals surface area contributed by atoms with E-state index in [-0.39, 0.29) is 24.6 Å². The van der Waals surface area contributed by atoms with Crippen LogP contribution in [0.1, 0.15) is 27.7 Å². The average molecular weight is 609 g/mol. The molecule has 1 aromatic carbocycles. The lowest BCUT2D eigenvalue weighted by Gasteiger charge is -2.29. The van der Waals surface area contributed by atoms with E-state index in [0.29, 0.717) is 36.8 Å². The monoisotopic (exact) mass is 608 g/mol. The number of hydrogen-bond donors (Lipinski definition) is 1. The Balaban J connectivity index is 1.54. The Bertz CT molecular complexity index is 1460. The third-order valence-corrected chi connectivity index (χ3v) is 7.50. The lowest BCUT2D eigenvalue weighted by molar-refractivity contribution is -0.175. The number of carbonyl (C=O) groups excluding carboxylic acids is 2. The summed E-state index contributed by atoms with van der Waals surface area (Å²) in [5.74, 6) is -8.69. The number of carbonyl (C=O) groups is 3. The predicted molar refractivity (Wildman–Crippen MR) is 140 cm³/mol. The van der Waals surface area contributed by atoms with Crippen LogP contribution >= 0.6 is 0 Å². The van der Waals surface area contributed by atoms with Crippen LogP contribution in [0.4, 0.5) is 23.5 Å². The molecule has 230 valence electrons. The summed E-state index contributed by atoms with van der Waals surface area (Å²) in [6, 6.07) is 4.80. The zero-order valence-electron chi connectivity index (χ0n) is 22.9. The minimum absolute atomic E-state index is 0.0174. The van der Waals surface area contributed by atoms with Crippen molar-refractivity contribution in [3.05, 3.63) is 65.6 Å². The summed E-state index contributed by atoms with van der Waals surface area (Å²) in [5.41, 5.74) is 0.608. The Labute approximate surface area is 242 Å². The van der Waals surface area contributed by atoms with Crippen LogP contribution in [0.25, 0.3) is 0 Å². The first kappa shape index (κ1) is 30.2. The first-order valence-electron chi connectivity index (χ1n) is 13.3. The fraction of sp³-hybridized carbons (Fsp3) is 0.444. The topological polar surface area (TPSA) is 134 Å². The van der Waals surface area contributed by atoms with Gasteiger partial charge in [-0.05, 0) is 23.8 Å². The van der Waals surface area contributed by atoms with E-state index in [1.54, 1.807) is 4.90 Å². The van der Waals surface area contributed by atoms with Gasteiger partial charge < -0.3 is 24.1 Å². The summed E-state index contributed by atoms with van der Waals surface area (Å²) in [4.78, 5) is 47.1. The van der Waals surface area contributed by atoms with E-state index >= 15 is 0 Å². The van der Waals surface area contributed by atoms with Crippen molar-refractivity contribution in [1.82, 2.24) is 24.6 Å².